The fourth-order valence-corrected chi connectivity index (χ4v) is 2.77. The quantitative estimate of drug-likeness (QED) is 0.873. The summed E-state index contributed by atoms with van der Waals surface area (Å²) in [7, 11) is 0. The van der Waals surface area contributed by atoms with Gasteiger partial charge in [-0.1, -0.05) is 33.6 Å². The van der Waals surface area contributed by atoms with Gasteiger partial charge in [-0.2, -0.15) is 5.10 Å². The predicted octanol–water partition coefficient (Wildman–Crippen LogP) is 2.60. The molecule has 2 rings (SSSR count). The number of hydrogen-bond acceptors (Lipinski definition) is 3. The monoisotopic (exact) mass is 250 g/mol. The zero-order chi connectivity index (χ0) is 13.0. The Kier molecular flexibility index (Phi) is 4.75. The third-order valence-electron chi connectivity index (χ3n) is 3.87. The molecule has 0 spiro atoms. The van der Waals surface area contributed by atoms with Crippen molar-refractivity contribution >= 4 is 0 Å². The Morgan fingerprint density at radius 1 is 1.39 bits per heavy atom. The van der Waals surface area contributed by atoms with Crippen molar-refractivity contribution in [2.75, 3.05) is 0 Å². The first kappa shape index (κ1) is 13.5. The lowest BCUT2D eigenvalue weighted by atomic mass is 9.86. The second kappa shape index (κ2) is 6.32. The first-order valence-corrected chi connectivity index (χ1v) is 7.27. The molecular weight excluding hydrogens is 224 g/mol. The third kappa shape index (κ3) is 3.55. The van der Waals surface area contributed by atoms with E-state index < -0.39 is 0 Å². The average Bonchev–Trinajstić information content (AvgIpc) is 2.75. The van der Waals surface area contributed by atoms with E-state index in [0.29, 0.717) is 12.0 Å². The van der Waals surface area contributed by atoms with Gasteiger partial charge >= 0.3 is 0 Å². The van der Waals surface area contributed by atoms with E-state index >= 15 is 0 Å². The molecule has 1 aromatic heterocycles. The van der Waals surface area contributed by atoms with Gasteiger partial charge in [-0.25, -0.2) is 9.67 Å². The molecule has 0 aliphatic heterocycles. The van der Waals surface area contributed by atoms with Crippen molar-refractivity contribution in [3.63, 3.8) is 0 Å². The van der Waals surface area contributed by atoms with Crippen LogP contribution in [0, 0.1) is 11.8 Å². The molecule has 0 bridgehead atoms. The van der Waals surface area contributed by atoms with Gasteiger partial charge < -0.3 is 5.32 Å². The summed E-state index contributed by atoms with van der Waals surface area (Å²) in [6, 6.07) is 0.656. The largest absolute Gasteiger partial charge is 0.307 e. The van der Waals surface area contributed by atoms with E-state index in [4.69, 9.17) is 0 Å². The van der Waals surface area contributed by atoms with Gasteiger partial charge in [-0.3, -0.25) is 0 Å². The topological polar surface area (TPSA) is 42.7 Å². The maximum Gasteiger partial charge on any atom is 0.140 e. The van der Waals surface area contributed by atoms with Gasteiger partial charge in [0.1, 0.15) is 12.2 Å². The molecular formula is C14H26N4. The van der Waals surface area contributed by atoms with E-state index in [2.05, 4.69) is 36.2 Å². The maximum absolute atomic E-state index is 4.37. The number of rotatable bonds is 5. The maximum atomic E-state index is 4.37. The molecule has 0 aromatic carbocycles. The molecule has 18 heavy (non-hydrogen) atoms. The normalized spacial score (nSPS) is 24.7. The smallest absolute Gasteiger partial charge is 0.140 e. The Morgan fingerprint density at radius 3 is 2.89 bits per heavy atom. The minimum absolute atomic E-state index is 0.610. The Bertz CT molecular complexity index is 358. The van der Waals surface area contributed by atoms with E-state index in [1.807, 2.05) is 4.68 Å². The Morgan fingerprint density at radius 2 is 2.17 bits per heavy atom. The van der Waals surface area contributed by atoms with Crippen LogP contribution in [-0.4, -0.2) is 20.8 Å². The molecule has 4 heteroatoms. The summed E-state index contributed by atoms with van der Waals surface area (Å²) < 4.78 is 2.03. The van der Waals surface area contributed by atoms with Gasteiger partial charge in [0.2, 0.25) is 0 Å². The molecule has 1 saturated carbocycles. The third-order valence-corrected chi connectivity index (χ3v) is 3.87. The molecule has 1 aromatic rings. The number of nitrogens with one attached hydrogen (secondary N) is 1. The highest BCUT2D eigenvalue weighted by Gasteiger charge is 2.21. The molecule has 1 aliphatic rings. The second-order valence-electron chi connectivity index (χ2n) is 6.00. The lowest BCUT2D eigenvalue weighted by Gasteiger charge is -2.29. The van der Waals surface area contributed by atoms with Crippen molar-refractivity contribution in [1.82, 2.24) is 20.1 Å². The van der Waals surface area contributed by atoms with Crippen LogP contribution in [0.3, 0.4) is 0 Å². The molecule has 1 N–H and O–H groups in total. The second-order valence-corrected chi connectivity index (χ2v) is 6.00. The molecule has 102 valence electrons. The standard InChI is InChI=1S/C14H26N4/c1-11(2)9-18-14(16-10-17-18)8-15-13-7-5-4-6-12(13)3/h10-13,15H,4-9H2,1-3H3. The van der Waals surface area contributed by atoms with Gasteiger partial charge in [0.25, 0.3) is 0 Å². The van der Waals surface area contributed by atoms with E-state index in [0.717, 1.165) is 24.8 Å². The molecule has 1 fully saturated rings. The first-order chi connectivity index (χ1) is 8.66. The minimum Gasteiger partial charge on any atom is -0.307 e. The fourth-order valence-electron chi connectivity index (χ4n) is 2.77. The highest BCUT2D eigenvalue weighted by atomic mass is 15.3. The Hall–Kier alpha value is -0.900. The molecule has 1 aliphatic carbocycles. The number of nitrogens with zero attached hydrogens (tertiary/aromatic N) is 3. The van der Waals surface area contributed by atoms with E-state index in [1.54, 1.807) is 6.33 Å². The lowest BCUT2D eigenvalue weighted by molar-refractivity contribution is 0.275. The molecule has 2 unspecified atom stereocenters. The van der Waals surface area contributed by atoms with Crippen molar-refractivity contribution < 1.29 is 0 Å². The van der Waals surface area contributed by atoms with Crippen molar-refractivity contribution in [2.24, 2.45) is 11.8 Å². The van der Waals surface area contributed by atoms with Gasteiger partial charge in [0, 0.05) is 12.6 Å². The highest BCUT2D eigenvalue weighted by molar-refractivity contribution is 4.87. The van der Waals surface area contributed by atoms with Crippen LogP contribution < -0.4 is 5.32 Å². The zero-order valence-electron chi connectivity index (χ0n) is 11.9. The molecule has 0 saturated heterocycles. The lowest BCUT2D eigenvalue weighted by Crippen LogP contribution is -2.37. The predicted molar refractivity (Wildman–Crippen MR) is 73.1 cm³/mol. The van der Waals surface area contributed by atoms with Gasteiger partial charge in [-0.15, -0.1) is 0 Å². The van der Waals surface area contributed by atoms with Gasteiger partial charge in [0.05, 0.1) is 6.54 Å². The Labute approximate surface area is 110 Å². The van der Waals surface area contributed by atoms with E-state index in [9.17, 15) is 0 Å². The molecule has 1 heterocycles. The molecule has 2 atom stereocenters. The summed E-state index contributed by atoms with van der Waals surface area (Å²) in [5, 5.41) is 7.97. The summed E-state index contributed by atoms with van der Waals surface area (Å²) in [5.41, 5.74) is 0. The van der Waals surface area contributed by atoms with Crippen LogP contribution >= 0.6 is 0 Å². The number of hydrogen-bond donors (Lipinski definition) is 1. The van der Waals surface area contributed by atoms with Crippen LogP contribution in [0.2, 0.25) is 0 Å². The summed E-state index contributed by atoms with van der Waals surface area (Å²) in [5.74, 6) is 2.47. The van der Waals surface area contributed by atoms with Crippen LogP contribution in [0.25, 0.3) is 0 Å². The summed E-state index contributed by atoms with van der Waals surface area (Å²) >= 11 is 0. The summed E-state index contributed by atoms with van der Waals surface area (Å²) in [4.78, 5) is 4.37. The Balaban J connectivity index is 1.87. The summed E-state index contributed by atoms with van der Waals surface area (Å²) in [6.45, 7) is 8.58. The van der Waals surface area contributed by atoms with Gasteiger partial charge in [0.15, 0.2) is 0 Å². The van der Waals surface area contributed by atoms with Crippen LogP contribution in [-0.2, 0) is 13.1 Å². The molecule has 0 amide bonds. The van der Waals surface area contributed by atoms with Crippen molar-refractivity contribution in [3.05, 3.63) is 12.2 Å². The fraction of sp³-hybridized carbons (Fsp3) is 0.857. The average molecular weight is 250 g/mol. The van der Waals surface area contributed by atoms with Gasteiger partial charge in [-0.05, 0) is 24.7 Å². The minimum atomic E-state index is 0.610. The molecule has 0 radical (unpaired) electrons. The molecule has 4 nitrogen and oxygen atoms in total. The van der Waals surface area contributed by atoms with E-state index in [1.165, 1.54) is 25.7 Å². The van der Waals surface area contributed by atoms with Crippen molar-refractivity contribution in [1.29, 1.82) is 0 Å². The van der Waals surface area contributed by atoms with E-state index in [-0.39, 0.29) is 0 Å². The van der Waals surface area contributed by atoms with Crippen LogP contribution in [0.15, 0.2) is 6.33 Å². The van der Waals surface area contributed by atoms with Crippen LogP contribution in [0.1, 0.15) is 52.3 Å². The summed E-state index contributed by atoms with van der Waals surface area (Å²) in [6.07, 6.45) is 7.09. The number of aromatic nitrogens is 3. The first-order valence-electron chi connectivity index (χ1n) is 7.27. The highest BCUT2D eigenvalue weighted by Crippen LogP contribution is 2.23. The van der Waals surface area contributed by atoms with Crippen LogP contribution in [0.4, 0.5) is 0 Å². The zero-order valence-corrected chi connectivity index (χ0v) is 11.9. The van der Waals surface area contributed by atoms with Crippen molar-refractivity contribution in [2.45, 2.75) is 65.6 Å². The van der Waals surface area contributed by atoms with Crippen LogP contribution in [0.5, 0.6) is 0 Å². The van der Waals surface area contributed by atoms with Crippen molar-refractivity contribution in [3.8, 4) is 0 Å². The SMILES string of the molecule is CC(C)Cn1ncnc1CNC1CCCCC1C.